The second-order valence-corrected chi connectivity index (χ2v) is 6.81. The number of hydrogen-bond donors (Lipinski definition) is 1. The lowest BCUT2D eigenvalue weighted by molar-refractivity contribution is 0.0322. The molecule has 1 aromatic heterocycles. The zero-order valence-electron chi connectivity index (χ0n) is 13.5. The molecule has 3 fully saturated rings. The highest BCUT2D eigenvalue weighted by molar-refractivity contribution is 5.83. The fourth-order valence-corrected chi connectivity index (χ4v) is 4.09. The van der Waals surface area contributed by atoms with E-state index in [1.807, 2.05) is 48.7 Å². The van der Waals surface area contributed by atoms with E-state index in [1.165, 1.54) is 19.4 Å². The summed E-state index contributed by atoms with van der Waals surface area (Å²) in [7, 11) is 0. The maximum Gasteiger partial charge on any atom is 0.326 e. The van der Waals surface area contributed by atoms with Crippen LogP contribution >= 0.6 is 0 Å². The van der Waals surface area contributed by atoms with E-state index in [9.17, 15) is 4.79 Å². The largest absolute Gasteiger partial charge is 0.333 e. The zero-order valence-corrected chi connectivity index (χ0v) is 13.5. The van der Waals surface area contributed by atoms with Crippen molar-refractivity contribution < 1.29 is 4.79 Å². The lowest BCUT2D eigenvalue weighted by Gasteiger charge is -2.48. The predicted octanol–water partition coefficient (Wildman–Crippen LogP) is 3.20. The van der Waals surface area contributed by atoms with Crippen molar-refractivity contribution >= 4 is 6.03 Å². The summed E-state index contributed by atoms with van der Waals surface area (Å²) in [6.07, 6.45) is 4.25. The van der Waals surface area contributed by atoms with Gasteiger partial charge in [-0.2, -0.15) is 0 Å². The summed E-state index contributed by atoms with van der Waals surface area (Å²) in [6, 6.07) is 14.9. The van der Waals surface area contributed by atoms with E-state index in [0.717, 1.165) is 17.8 Å². The molecule has 0 radical (unpaired) electrons. The normalized spacial score (nSPS) is 29.4. The van der Waals surface area contributed by atoms with Crippen LogP contribution in [0.3, 0.4) is 0 Å². The minimum atomic E-state index is -0.0137. The SMILES string of the molecule is CC1CC2CCN1C[C@@H]2NC(=O)n1cccc1-c1ccccc1. The molecule has 4 heteroatoms. The molecule has 1 amide bonds. The Morgan fingerprint density at radius 3 is 2.70 bits per heavy atom. The lowest BCUT2D eigenvalue weighted by atomic mass is 9.80. The van der Waals surface area contributed by atoms with E-state index in [1.54, 1.807) is 4.57 Å². The molecule has 0 spiro atoms. The number of hydrogen-bond acceptors (Lipinski definition) is 2. The summed E-state index contributed by atoms with van der Waals surface area (Å²) in [5, 5.41) is 3.27. The molecule has 4 heterocycles. The minimum Gasteiger partial charge on any atom is -0.333 e. The van der Waals surface area contributed by atoms with Gasteiger partial charge in [-0.3, -0.25) is 9.47 Å². The third kappa shape index (κ3) is 2.68. The molecular weight excluding hydrogens is 286 g/mol. The van der Waals surface area contributed by atoms with Crippen molar-refractivity contribution in [2.24, 2.45) is 5.92 Å². The number of carbonyl (C=O) groups excluding carboxylic acids is 1. The van der Waals surface area contributed by atoms with Crippen molar-refractivity contribution in [1.82, 2.24) is 14.8 Å². The summed E-state index contributed by atoms with van der Waals surface area (Å²) in [5.74, 6) is 0.620. The molecule has 0 saturated carbocycles. The number of nitrogens with one attached hydrogen (secondary N) is 1. The van der Waals surface area contributed by atoms with Crippen molar-refractivity contribution in [2.45, 2.75) is 31.8 Å². The first kappa shape index (κ1) is 14.5. The third-order valence-electron chi connectivity index (χ3n) is 5.40. The van der Waals surface area contributed by atoms with Gasteiger partial charge in [-0.1, -0.05) is 30.3 Å². The van der Waals surface area contributed by atoms with Gasteiger partial charge >= 0.3 is 6.03 Å². The summed E-state index contributed by atoms with van der Waals surface area (Å²) >= 11 is 0. The molecule has 5 rings (SSSR count). The lowest BCUT2D eigenvalue weighted by Crippen LogP contribution is -2.60. The fourth-order valence-electron chi connectivity index (χ4n) is 4.09. The molecule has 0 aliphatic carbocycles. The van der Waals surface area contributed by atoms with Crippen molar-refractivity contribution in [2.75, 3.05) is 13.1 Å². The van der Waals surface area contributed by atoms with Crippen molar-refractivity contribution in [1.29, 1.82) is 0 Å². The van der Waals surface area contributed by atoms with Crippen LogP contribution in [0, 0.1) is 5.92 Å². The Balaban J connectivity index is 1.52. The molecule has 4 nitrogen and oxygen atoms in total. The minimum absolute atomic E-state index is 0.0137. The molecule has 3 aliphatic heterocycles. The number of fused-ring (bicyclic) bond motifs is 3. The average molecular weight is 309 g/mol. The Morgan fingerprint density at radius 1 is 1.17 bits per heavy atom. The second kappa shape index (κ2) is 5.85. The van der Waals surface area contributed by atoms with E-state index in [4.69, 9.17) is 0 Å². The molecule has 3 unspecified atom stereocenters. The Labute approximate surface area is 137 Å². The van der Waals surface area contributed by atoms with Crippen molar-refractivity contribution in [3.63, 3.8) is 0 Å². The van der Waals surface area contributed by atoms with Gasteiger partial charge in [0.25, 0.3) is 0 Å². The van der Waals surface area contributed by atoms with E-state index in [-0.39, 0.29) is 12.1 Å². The molecule has 2 bridgehead atoms. The molecule has 2 aromatic rings. The van der Waals surface area contributed by atoms with Gasteiger partial charge in [0.2, 0.25) is 0 Å². The van der Waals surface area contributed by atoms with Crippen molar-refractivity contribution in [3.8, 4) is 11.3 Å². The number of rotatable bonds is 2. The number of carbonyl (C=O) groups is 1. The van der Waals surface area contributed by atoms with Gasteiger partial charge in [0.05, 0.1) is 5.69 Å². The average Bonchev–Trinajstić information content (AvgIpc) is 3.06. The second-order valence-electron chi connectivity index (χ2n) is 6.81. The van der Waals surface area contributed by atoms with Crippen molar-refractivity contribution in [3.05, 3.63) is 48.7 Å². The molecular formula is C19H23N3O. The number of benzene rings is 1. The van der Waals surface area contributed by atoms with Crippen LogP contribution in [0.15, 0.2) is 48.7 Å². The smallest absolute Gasteiger partial charge is 0.326 e. The van der Waals surface area contributed by atoms with Gasteiger partial charge in [-0.25, -0.2) is 4.79 Å². The highest BCUT2D eigenvalue weighted by Gasteiger charge is 2.38. The van der Waals surface area contributed by atoms with Gasteiger partial charge in [0.15, 0.2) is 0 Å². The molecule has 1 aromatic carbocycles. The Morgan fingerprint density at radius 2 is 2.00 bits per heavy atom. The molecule has 1 N–H and O–H groups in total. The Bertz CT molecular complexity index is 694. The number of nitrogens with zero attached hydrogens (tertiary/aromatic N) is 2. The maximum absolute atomic E-state index is 12.8. The standard InChI is InChI=1S/C19H23N3O/c1-14-12-16-9-11-21(14)13-17(16)20-19(23)22-10-5-8-18(22)15-6-3-2-4-7-15/h2-8,10,14,16-17H,9,11-13H2,1H3,(H,20,23)/t14?,16?,17-/m0/s1. The first-order valence-electron chi connectivity index (χ1n) is 8.50. The topological polar surface area (TPSA) is 37.3 Å². The zero-order chi connectivity index (χ0) is 15.8. The molecule has 3 saturated heterocycles. The fraction of sp³-hybridized carbons (Fsp3) is 0.421. The van der Waals surface area contributed by atoms with E-state index >= 15 is 0 Å². The van der Waals surface area contributed by atoms with Gasteiger partial charge in [0.1, 0.15) is 0 Å². The van der Waals surface area contributed by atoms with Gasteiger partial charge < -0.3 is 5.32 Å². The van der Waals surface area contributed by atoms with Crippen LogP contribution in [0.5, 0.6) is 0 Å². The van der Waals surface area contributed by atoms with Crippen LogP contribution in [0.1, 0.15) is 19.8 Å². The summed E-state index contributed by atoms with van der Waals surface area (Å²) < 4.78 is 1.73. The molecule has 4 atom stereocenters. The Hall–Kier alpha value is -2.07. The predicted molar refractivity (Wildman–Crippen MR) is 91.3 cm³/mol. The monoisotopic (exact) mass is 309 g/mol. The summed E-state index contributed by atoms with van der Waals surface area (Å²) in [6.45, 7) is 4.46. The van der Waals surface area contributed by atoms with Crippen LogP contribution in [0.2, 0.25) is 0 Å². The van der Waals surface area contributed by atoms with Crippen LogP contribution < -0.4 is 5.32 Å². The highest BCUT2D eigenvalue weighted by Crippen LogP contribution is 2.32. The third-order valence-corrected chi connectivity index (χ3v) is 5.40. The van der Waals surface area contributed by atoms with E-state index < -0.39 is 0 Å². The molecule has 23 heavy (non-hydrogen) atoms. The van der Waals surface area contributed by atoms with Gasteiger partial charge in [-0.05, 0) is 49.9 Å². The number of aromatic nitrogens is 1. The quantitative estimate of drug-likeness (QED) is 0.925. The highest BCUT2D eigenvalue weighted by atomic mass is 16.2. The Kier molecular flexibility index (Phi) is 3.69. The molecule has 3 aliphatic rings. The van der Waals surface area contributed by atoms with Crippen LogP contribution in [-0.4, -0.2) is 40.7 Å². The number of amides is 1. The maximum atomic E-state index is 12.8. The van der Waals surface area contributed by atoms with Crippen LogP contribution in [0.4, 0.5) is 4.79 Å². The molecule has 120 valence electrons. The van der Waals surface area contributed by atoms with Crippen LogP contribution in [-0.2, 0) is 0 Å². The van der Waals surface area contributed by atoms with Gasteiger partial charge in [0, 0.05) is 24.8 Å². The van der Waals surface area contributed by atoms with E-state index in [0.29, 0.717) is 12.0 Å². The number of piperidine rings is 3. The summed E-state index contributed by atoms with van der Waals surface area (Å²) in [4.78, 5) is 15.3. The van der Waals surface area contributed by atoms with Crippen LogP contribution in [0.25, 0.3) is 11.3 Å². The first-order chi connectivity index (χ1) is 11.2. The van der Waals surface area contributed by atoms with E-state index in [2.05, 4.69) is 17.1 Å². The summed E-state index contributed by atoms with van der Waals surface area (Å²) in [5.41, 5.74) is 2.01. The first-order valence-corrected chi connectivity index (χ1v) is 8.50. The van der Waals surface area contributed by atoms with Gasteiger partial charge in [-0.15, -0.1) is 0 Å².